The standard InChI is InChI=1S/C75H128O17P2/c1-5-9-13-17-21-25-29-32-34-37-40-43-47-51-55-59-72(77)85-65-70(91-74(79)61-57-53-49-45-39-28-24-20-16-12-8-4)67-89-93(81,82)87-63-69(76)64-88-94(83,84)90-68-71(92-75(80)62-58-54-50-46-42-36-31-27-23-19-15-11-7-3)66-86-73(78)60-56-52-48-44-41-38-35-33-30-26-22-18-14-10-6-2/h9-10,13-14,20-22,24-27,31-35,40,43,69-71,76H,5-8,11-12,15-19,23,28-30,36-39,41-42,44-68H2,1-4H3,(H,81,82)(H,83,84)/b13-9-,14-10-,24-20-,25-21-,26-22-,31-27-,34-32-,35-33-,43-40-. The molecule has 0 saturated carbocycles. The van der Waals surface area contributed by atoms with Crippen LogP contribution < -0.4 is 0 Å². The van der Waals surface area contributed by atoms with Crippen molar-refractivity contribution in [2.45, 2.75) is 303 Å². The molecule has 0 radical (unpaired) electrons. The van der Waals surface area contributed by atoms with Gasteiger partial charge in [-0.15, -0.1) is 0 Å². The minimum absolute atomic E-state index is 0.0736. The van der Waals surface area contributed by atoms with E-state index in [9.17, 15) is 43.2 Å². The van der Waals surface area contributed by atoms with Crippen molar-refractivity contribution in [3.8, 4) is 0 Å². The first kappa shape index (κ1) is 89.7. The number of esters is 4. The first-order valence-electron chi connectivity index (χ1n) is 36.1. The van der Waals surface area contributed by atoms with E-state index in [2.05, 4.69) is 137 Å². The molecule has 0 bridgehead atoms. The molecule has 0 aromatic heterocycles. The summed E-state index contributed by atoms with van der Waals surface area (Å²) >= 11 is 0. The molecule has 0 aliphatic carbocycles. The van der Waals surface area contributed by atoms with E-state index in [1.807, 2.05) is 0 Å². The molecule has 540 valence electrons. The van der Waals surface area contributed by atoms with Gasteiger partial charge in [0.15, 0.2) is 12.2 Å². The smallest absolute Gasteiger partial charge is 0.462 e. The van der Waals surface area contributed by atoms with E-state index >= 15 is 0 Å². The second-order valence-electron chi connectivity index (χ2n) is 23.8. The number of carbonyl (C=O) groups excluding carboxylic acids is 4. The number of hydrogen-bond donors (Lipinski definition) is 3. The first-order valence-corrected chi connectivity index (χ1v) is 39.1. The summed E-state index contributed by atoms with van der Waals surface area (Å²) < 4.78 is 68.2. The molecule has 5 atom stereocenters. The van der Waals surface area contributed by atoms with Gasteiger partial charge in [0, 0.05) is 25.7 Å². The lowest BCUT2D eigenvalue weighted by Crippen LogP contribution is -2.30. The Morgan fingerprint density at radius 1 is 0.309 bits per heavy atom. The van der Waals surface area contributed by atoms with Crippen molar-refractivity contribution >= 4 is 39.5 Å². The topological polar surface area (TPSA) is 237 Å². The number of rotatable bonds is 67. The van der Waals surface area contributed by atoms with E-state index in [1.165, 1.54) is 38.5 Å². The van der Waals surface area contributed by atoms with Crippen LogP contribution in [-0.2, 0) is 65.4 Å². The van der Waals surface area contributed by atoms with E-state index in [0.29, 0.717) is 25.7 Å². The van der Waals surface area contributed by atoms with Crippen LogP contribution in [0, 0.1) is 0 Å². The lowest BCUT2D eigenvalue weighted by molar-refractivity contribution is -0.161. The van der Waals surface area contributed by atoms with Crippen molar-refractivity contribution in [2.75, 3.05) is 39.6 Å². The number of ether oxygens (including phenoxy) is 4. The van der Waals surface area contributed by atoms with Crippen LogP contribution in [0.1, 0.15) is 285 Å². The molecule has 0 rings (SSSR count). The summed E-state index contributed by atoms with van der Waals surface area (Å²) in [6, 6.07) is 0. The molecule has 5 unspecified atom stereocenters. The summed E-state index contributed by atoms with van der Waals surface area (Å²) in [4.78, 5) is 72.6. The van der Waals surface area contributed by atoms with E-state index in [-0.39, 0.29) is 25.7 Å². The molecule has 17 nitrogen and oxygen atoms in total. The van der Waals surface area contributed by atoms with Crippen molar-refractivity contribution in [3.63, 3.8) is 0 Å². The molecule has 0 aromatic carbocycles. The van der Waals surface area contributed by atoms with Crippen LogP contribution in [0.3, 0.4) is 0 Å². The number of unbranched alkanes of at least 4 members (excludes halogenated alkanes) is 23. The van der Waals surface area contributed by atoms with E-state index in [4.69, 9.17) is 37.0 Å². The maximum absolute atomic E-state index is 13.0. The van der Waals surface area contributed by atoms with Crippen molar-refractivity contribution in [2.24, 2.45) is 0 Å². The monoisotopic (exact) mass is 1360 g/mol. The predicted octanol–water partition coefficient (Wildman–Crippen LogP) is 20.2. The Morgan fingerprint density at radius 3 is 0.915 bits per heavy atom. The summed E-state index contributed by atoms with van der Waals surface area (Å²) in [6.45, 7) is 4.49. The van der Waals surface area contributed by atoms with Gasteiger partial charge in [-0.25, -0.2) is 9.13 Å². The molecule has 0 aliphatic heterocycles. The van der Waals surface area contributed by atoms with Crippen molar-refractivity contribution < 1.29 is 80.2 Å². The van der Waals surface area contributed by atoms with E-state index in [1.54, 1.807) is 0 Å². The van der Waals surface area contributed by atoms with Gasteiger partial charge in [-0.2, -0.15) is 0 Å². The number of allylic oxidation sites excluding steroid dienone is 18. The molecule has 19 heteroatoms. The minimum Gasteiger partial charge on any atom is -0.462 e. The maximum atomic E-state index is 13.0. The molecule has 0 fully saturated rings. The van der Waals surface area contributed by atoms with Gasteiger partial charge in [0.25, 0.3) is 0 Å². The Balaban J connectivity index is 5.37. The second-order valence-corrected chi connectivity index (χ2v) is 26.7. The fourth-order valence-electron chi connectivity index (χ4n) is 9.20. The van der Waals surface area contributed by atoms with Crippen molar-refractivity contribution in [1.29, 1.82) is 0 Å². The number of phosphoric acid groups is 2. The van der Waals surface area contributed by atoms with E-state index in [0.717, 1.165) is 167 Å². The van der Waals surface area contributed by atoms with Crippen LogP contribution in [0.15, 0.2) is 109 Å². The largest absolute Gasteiger partial charge is 0.472 e. The van der Waals surface area contributed by atoms with Crippen molar-refractivity contribution in [3.05, 3.63) is 109 Å². The Labute approximate surface area is 569 Å². The van der Waals surface area contributed by atoms with Crippen LogP contribution in [0.5, 0.6) is 0 Å². The van der Waals surface area contributed by atoms with Gasteiger partial charge in [-0.3, -0.25) is 37.3 Å². The highest BCUT2D eigenvalue weighted by Crippen LogP contribution is 2.45. The Kier molecular flexibility index (Phi) is 64.2. The first-order chi connectivity index (χ1) is 45.7. The third kappa shape index (κ3) is 66.3. The van der Waals surface area contributed by atoms with Crippen LogP contribution in [-0.4, -0.2) is 96.7 Å². The van der Waals surface area contributed by atoms with Gasteiger partial charge >= 0.3 is 39.5 Å². The number of aliphatic hydroxyl groups excluding tert-OH is 1. The molecule has 0 aromatic rings. The molecular formula is C75H128O17P2. The number of hydrogen-bond acceptors (Lipinski definition) is 15. The zero-order valence-electron chi connectivity index (χ0n) is 58.6. The van der Waals surface area contributed by atoms with Gasteiger partial charge in [0.2, 0.25) is 0 Å². The highest BCUT2D eigenvalue weighted by Gasteiger charge is 2.30. The third-order valence-electron chi connectivity index (χ3n) is 14.7. The fourth-order valence-corrected chi connectivity index (χ4v) is 10.8. The minimum atomic E-state index is -4.98. The third-order valence-corrected chi connectivity index (χ3v) is 16.6. The van der Waals surface area contributed by atoms with Crippen molar-refractivity contribution in [1.82, 2.24) is 0 Å². The highest BCUT2D eigenvalue weighted by molar-refractivity contribution is 7.47. The van der Waals surface area contributed by atoms with Crippen LogP contribution in [0.25, 0.3) is 0 Å². The average Bonchev–Trinajstić information content (AvgIpc) is 1.35. The maximum Gasteiger partial charge on any atom is 0.472 e. The highest BCUT2D eigenvalue weighted by atomic mass is 31.2. The molecule has 0 heterocycles. The SMILES string of the molecule is CC/C=C\C/C=C\C/C=C\C/C=C\CCCCC(=O)OCC(COP(=O)(O)OCC(O)COP(=O)(O)OCC(COC(=O)CCCCCCC/C=C\C/C=C\C/C=C\CC)OC(=O)CCCCCCC/C=C\CCCCCC)OC(=O)CCCCCCC/C=C\CCCC. The zero-order valence-corrected chi connectivity index (χ0v) is 60.4. The van der Waals surface area contributed by atoms with Gasteiger partial charge in [0.1, 0.15) is 19.3 Å². The summed E-state index contributed by atoms with van der Waals surface area (Å²) in [5, 5.41) is 10.6. The normalized spacial score (nSPS) is 14.7. The molecule has 0 amide bonds. The Hall–Kier alpha value is -4.28. The fraction of sp³-hybridized carbons (Fsp3) is 0.707. The van der Waals surface area contributed by atoms with Gasteiger partial charge < -0.3 is 33.8 Å². The van der Waals surface area contributed by atoms with Crippen LogP contribution in [0.2, 0.25) is 0 Å². The number of carbonyl (C=O) groups is 4. The van der Waals surface area contributed by atoms with E-state index < -0.39 is 97.5 Å². The van der Waals surface area contributed by atoms with Gasteiger partial charge in [0.05, 0.1) is 26.4 Å². The Bertz CT molecular complexity index is 2220. The summed E-state index contributed by atoms with van der Waals surface area (Å²) in [6.07, 6.45) is 69.6. The van der Waals surface area contributed by atoms with Crippen LogP contribution in [0.4, 0.5) is 0 Å². The quantitative estimate of drug-likeness (QED) is 0.0169. The predicted molar refractivity (Wildman–Crippen MR) is 381 cm³/mol. The second kappa shape index (κ2) is 67.3. The van der Waals surface area contributed by atoms with Crippen LogP contribution >= 0.6 is 15.6 Å². The van der Waals surface area contributed by atoms with Gasteiger partial charge in [-0.05, 0) is 141 Å². The lowest BCUT2D eigenvalue weighted by atomic mass is 10.1. The van der Waals surface area contributed by atoms with Gasteiger partial charge in [-0.1, -0.05) is 227 Å². The summed E-state index contributed by atoms with van der Waals surface area (Å²) in [5.41, 5.74) is 0. The summed E-state index contributed by atoms with van der Waals surface area (Å²) in [7, 11) is -9.96. The number of phosphoric ester groups is 2. The molecule has 0 saturated heterocycles. The Morgan fingerprint density at radius 2 is 0.564 bits per heavy atom. The molecule has 0 aliphatic rings. The molecule has 0 spiro atoms. The average molecular weight is 1360 g/mol. The lowest BCUT2D eigenvalue weighted by Gasteiger charge is -2.21. The molecular weight excluding hydrogens is 1230 g/mol. The number of aliphatic hydroxyl groups is 1. The summed E-state index contributed by atoms with van der Waals surface area (Å²) in [5.74, 6) is -2.26. The molecule has 94 heavy (non-hydrogen) atoms. The zero-order chi connectivity index (χ0) is 69.0. The molecule has 3 N–H and O–H groups in total.